The van der Waals surface area contributed by atoms with Gasteiger partial charge in [0, 0.05) is 18.6 Å². The van der Waals surface area contributed by atoms with E-state index < -0.39 is 0 Å². The lowest BCUT2D eigenvalue weighted by Gasteiger charge is -2.39. The Morgan fingerprint density at radius 3 is 2.38 bits per heavy atom. The maximum atomic E-state index is 10.2. The van der Waals surface area contributed by atoms with E-state index in [1.54, 1.807) is 0 Å². The van der Waals surface area contributed by atoms with Gasteiger partial charge in [0.2, 0.25) is 0 Å². The second-order valence-electron chi connectivity index (χ2n) is 6.88. The third-order valence-corrected chi connectivity index (χ3v) is 5.12. The Morgan fingerprint density at radius 1 is 1.14 bits per heavy atom. The minimum absolute atomic E-state index is 0.157. The Bertz CT molecular complexity index is 440. The number of nitrogens with zero attached hydrogens (tertiary/aromatic N) is 1. The number of aliphatic hydroxyl groups excluding tert-OH is 1. The van der Waals surface area contributed by atoms with E-state index in [1.807, 2.05) is 6.07 Å². The number of nitrogens with one attached hydrogen (secondary N) is 1. The van der Waals surface area contributed by atoms with Crippen molar-refractivity contribution in [1.29, 1.82) is 0 Å². The fourth-order valence-electron chi connectivity index (χ4n) is 3.68. The Hall–Kier alpha value is -0.900. The summed E-state index contributed by atoms with van der Waals surface area (Å²) in [6.45, 7) is 1.04. The molecule has 0 aromatic heterocycles. The molecule has 0 aliphatic heterocycles. The molecule has 116 valence electrons. The van der Waals surface area contributed by atoms with E-state index in [0.717, 1.165) is 6.54 Å². The molecule has 0 heterocycles. The van der Waals surface area contributed by atoms with Crippen LogP contribution in [0, 0.1) is 0 Å². The predicted molar refractivity (Wildman–Crippen MR) is 86.2 cm³/mol. The summed E-state index contributed by atoms with van der Waals surface area (Å²) in [4.78, 5) is 2.46. The van der Waals surface area contributed by atoms with Gasteiger partial charge in [0.05, 0.1) is 12.1 Å². The molecule has 1 atom stereocenters. The number of rotatable bonds is 7. The van der Waals surface area contributed by atoms with Crippen LogP contribution in [0.3, 0.4) is 0 Å². The van der Waals surface area contributed by atoms with Gasteiger partial charge in [0.25, 0.3) is 0 Å². The highest BCUT2D eigenvalue weighted by molar-refractivity contribution is 5.26. The fourth-order valence-corrected chi connectivity index (χ4v) is 3.68. The van der Waals surface area contributed by atoms with Crippen molar-refractivity contribution in [1.82, 2.24) is 10.2 Å². The lowest BCUT2D eigenvalue weighted by atomic mass is 9.89. The molecule has 0 amide bonds. The van der Waals surface area contributed by atoms with Crippen LogP contribution in [-0.2, 0) is 5.54 Å². The van der Waals surface area contributed by atoms with Crippen LogP contribution in [0.15, 0.2) is 30.3 Å². The van der Waals surface area contributed by atoms with Crippen molar-refractivity contribution in [3.63, 3.8) is 0 Å². The fraction of sp³-hybridized carbons (Fsp3) is 0.667. The molecule has 0 spiro atoms. The summed E-state index contributed by atoms with van der Waals surface area (Å²) in [5, 5.41) is 13.9. The van der Waals surface area contributed by atoms with Crippen LogP contribution in [-0.4, -0.2) is 42.3 Å². The Balaban J connectivity index is 1.80. The van der Waals surface area contributed by atoms with Crippen molar-refractivity contribution in [2.45, 2.75) is 56.1 Å². The SMILES string of the molecule is CN(CC(CO)(NC1CC1)c1ccccc1)C1CCCC1. The molecule has 1 aromatic rings. The highest BCUT2D eigenvalue weighted by Crippen LogP contribution is 2.31. The minimum atomic E-state index is -0.320. The van der Waals surface area contributed by atoms with E-state index in [2.05, 4.69) is 41.5 Å². The highest BCUT2D eigenvalue weighted by atomic mass is 16.3. The van der Waals surface area contributed by atoms with E-state index in [9.17, 15) is 5.11 Å². The van der Waals surface area contributed by atoms with Gasteiger partial charge in [-0.05, 0) is 38.3 Å². The molecule has 2 aliphatic rings. The molecule has 1 aromatic carbocycles. The van der Waals surface area contributed by atoms with Crippen molar-refractivity contribution >= 4 is 0 Å². The standard InChI is InChI=1S/C18H28N2O/c1-20(17-9-5-6-10-17)13-18(14-21,19-16-11-12-16)15-7-3-2-4-8-15/h2-4,7-8,16-17,19,21H,5-6,9-14H2,1H3. The van der Waals surface area contributed by atoms with E-state index >= 15 is 0 Å². The summed E-state index contributed by atoms with van der Waals surface area (Å²) in [5.41, 5.74) is 0.893. The number of benzene rings is 1. The number of hydrogen-bond donors (Lipinski definition) is 2. The van der Waals surface area contributed by atoms with Gasteiger partial charge in [0.1, 0.15) is 0 Å². The predicted octanol–water partition coefficient (Wildman–Crippen LogP) is 2.50. The van der Waals surface area contributed by atoms with Crippen LogP contribution in [0.1, 0.15) is 44.1 Å². The van der Waals surface area contributed by atoms with Crippen LogP contribution in [0.4, 0.5) is 0 Å². The second kappa shape index (κ2) is 6.47. The van der Waals surface area contributed by atoms with Crippen LogP contribution >= 0.6 is 0 Å². The van der Waals surface area contributed by atoms with E-state index in [1.165, 1.54) is 44.1 Å². The maximum absolute atomic E-state index is 10.2. The maximum Gasteiger partial charge on any atom is 0.0799 e. The van der Waals surface area contributed by atoms with Gasteiger partial charge < -0.3 is 15.3 Å². The molecule has 0 saturated heterocycles. The first kappa shape index (κ1) is 15.0. The lowest BCUT2D eigenvalue weighted by Crippen LogP contribution is -2.55. The van der Waals surface area contributed by atoms with Crippen LogP contribution in [0.5, 0.6) is 0 Å². The summed E-state index contributed by atoms with van der Waals surface area (Å²) in [6, 6.07) is 11.7. The van der Waals surface area contributed by atoms with Crippen molar-refractivity contribution in [3.8, 4) is 0 Å². The first-order valence-corrected chi connectivity index (χ1v) is 8.38. The summed E-state index contributed by atoms with van der Waals surface area (Å²) in [6.07, 6.45) is 7.78. The van der Waals surface area contributed by atoms with Gasteiger partial charge in [0.15, 0.2) is 0 Å². The van der Waals surface area contributed by atoms with Gasteiger partial charge in [-0.25, -0.2) is 0 Å². The number of hydrogen-bond acceptors (Lipinski definition) is 3. The van der Waals surface area contributed by atoms with E-state index in [0.29, 0.717) is 12.1 Å². The third-order valence-electron chi connectivity index (χ3n) is 5.12. The molecule has 3 rings (SSSR count). The van der Waals surface area contributed by atoms with Crippen LogP contribution < -0.4 is 5.32 Å². The van der Waals surface area contributed by atoms with Crippen molar-refractivity contribution in [2.75, 3.05) is 20.2 Å². The molecular weight excluding hydrogens is 260 g/mol. The molecule has 0 bridgehead atoms. The number of likely N-dealkylation sites (N-methyl/N-ethyl adjacent to an activating group) is 1. The summed E-state index contributed by atoms with van der Waals surface area (Å²) >= 11 is 0. The zero-order chi connectivity index (χ0) is 14.7. The largest absolute Gasteiger partial charge is 0.394 e. The van der Waals surface area contributed by atoms with Gasteiger partial charge in [-0.1, -0.05) is 43.2 Å². The van der Waals surface area contributed by atoms with E-state index in [-0.39, 0.29) is 12.1 Å². The molecular formula is C18H28N2O. The molecule has 2 saturated carbocycles. The molecule has 2 fully saturated rings. The topological polar surface area (TPSA) is 35.5 Å². The van der Waals surface area contributed by atoms with Crippen LogP contribution in [0.25, 0.3) is 0 Å². The summed E-state index contributed by atoms with van der Waals surface area (Å²) in [7, 11) is 2.22. The second-order valence-corrected chi connectivity index (χ2v) is 6.88. The van der Waals surface area contributed by atoms with Gasteiger partial charge in [-0.2, -0.15) is 0 Å². The van der Waals surface area contributed by atoms with Crippen molar-refractivity contribution in [2.24, 2.45) is 0 Å². The molecule has 2 aliphatic carbocycles. The molecule has 3 nitrogen and oxygen atoms in total. The van der Waals surface area contributed by atoms with Gasteiger partial charge in [-0.15, -0.1) is 0 Å². The van der Waals surface area contributed by atoms with Gasteiger partial charge in [-0.3, -0.25) is 0 Å². The molecule has 2 N–H and O–H groups in total. The van der Waals surface area contributed by atoms with Crippen LogP contribution in [0.2, 0.25) is 0 Å². The number of aliphatic hydroxyl groups is 1. The monoisotopic (exact) mass is 288 g/mol. The lowest BCUT2D eigenvalue weighted by molar-refractivity contribution is 0.0975. The zero-order valence-corrected chi connectivity index (χ0v) is 13.1. The molecule has 21 heavy (non-hydrogen) atoms. The molecule has 1 unspecified atom stereocenters. The zero-order valence-electron chi connectivity index (χ0n) is 13.1. The Labute approximate surface area is 128 Å². The Kier molecular flexibility index (Phi) is 4.63. The minimum Gasteiger partial charge on any atom is -0.394 e. The molecule has 0 radical (unpaired) electrons. The van der Waals surface area contributed by atoms with Crippen molar-refractivity contribution in [3.05, 3.63) is 35.9 Å². The highest BCUT2D eigenvalue weighted by Gasteiger charge is 2.39. The van der Waals surface area contributed by atoms with Crippen molar-refractivity contribution < 1.29 is 5.11 Å². The van der Waals surface area contributed by atoms with Gasteiger partial charge >= 0.3 is 0 Å². The normalized spacial score (nSPS) is 22.6. The smallest absolute Gasteiger partial charge is 0.0799 e. The summed E-state index contributed by atoms with van der Waals surface area (Å²) < 4.78 is 0. The Morgan fingerprint density at radius 2 is 1.81 bits per heavy atom. The van der Waals surface area contributed by atoms with E-state index in [4.69, 9.17) is 0 Å². The third kappa shape index (κ3) is 3.47. The average molecular weight is 288 g/mol. The molecule has 3 heteroatoms. The average Bonchev–Trinajstić information content (AvgIpc) is 3.16. The first-order valence-electron chi connectivity index (χ1n) is 8.38. The quantitative estimate of drug-likeness (QED) is 0.809. The first-order chi connectivity index (χ1) is 10.2. The summed E-state index contributed by atoms with van der Waals surface area (Å²) in [5.74, 6) is 0.